The van der Waals surface area contributed by atoms with Gasteiger partial charge in [0.2, 0.25) is 0 Å². The fraction of sp³-hybridized carbons (Fsp3) is 0.600. The molecular weight excluding hydrogens is 227 g/mol. The Balaban J connectivity index is 2.00. The number of hydrogen-bond donors (Lipinski definition) is 1. The molecule has 0 radical (unpaired) electrons. The molecule has 0 spiro atoms. The summed E-state index contributed by atoms with van der Waals surface area (Å²) in [5.41, 5.74) is 1.04. The summed E-state index contributed by atoms with van der Waals surface area (Å²) in [6.07, 6.45) is 0. The normalized spacial score (nSPS) is 22.1. The maximum Gasteiger partial charge on any atom is 0.127 e. The van der Waals surface area contributed by atoms with E-state index in [2.05, 4.69) is 31.0 Å². The van der Waals surface area contributed by atoms with Gasteiger partial charge in [-0.1, -0.05) is 39.0 Å². The van der Waals surface area contributed by atoms with Gasteiger partial charge in [0, 0.05) is 37.8 Å². The summed E-state index contributed by atoms with van der Waals surface area (Å²) in [4.78, 5) is 2.34. The Hall–Kier alpha value is -0.930. The lowest BCUT2D eigenvalue weighted by atomic mass is 9.85. The zero-order chi connectivity index (χ0) is 13.2. The summed E-state index contributed by atoms with van der Waals surface area (Å²) in [6, 6.07) is 7.54. The van der Waals surface area contributed by atoms with Crippen LogP contribution in [0.3, 0.4) is 0 Å². The largest absolute Gasteiger partial charge is 0.311 e. The van der Waals surface area contributed by atoms with Crippen molar-refractivity contribution in [2.75, 3.05) is 19.6 Å². The zero-order valence-corrected chi connectivity index (χ0v) is 11.5. The van der Waals surface area contributed by atoms with E-state index in [0.29, 0.717) is 12.6 Å². The maximum atomic E-state index is 13.6. The van der Waals surface area contributed by atoms with Gasteiger partial charge in [0.15, 0.2) is 0 Å². The highest BCUT2D eigenvalue weighted by molar-refractivity contribution is 5.17. The predicted molar refractivity (Wildman–Crippen MR) is 72.9 cm³/mol. The van der Waals surface area contributed by atoms with Crippen molar-refractivity contribution in [1.29, 1.82) is 0 Å². The first-order valence-electron chi connectivity index (χ1n) is 6.66. The summed E-state index contributed by atoms with van der Waals surface area (Å²) in [7, 11) is 0. The molecule has 1 aromatic carbocycles. The Morgan fingerprint density at radius 1 is 1.33 bits per heavy atom. The van der Waals surface area contributed by atoms with Crippen molar-refractivity contribution >= 4 is 0 Å². The van der Waals surface area contributed by atoms with Crippen LogP contribution in [0, 0.1) is 11.2 Å². The molecule has 1 aliphatic heterocycles. The van der Waals surface area contributed by atoms with Crippen molar-refractivity contribution in [2.24, 2.45) is 5.41 Å². The monoisotopic (exact) mass is 250 g/mol. The van der Waals surface area contributed by atoms with Crippen molar-refractivity contribution in [3.05, 3.63) is 35.6 Å². The molecule has 1 fully saturated rings. The van der Waals surface area contributed by atoms with Gasteiger partial charge in [-0.05, 0) is 11.5 Å². The van der Waals surface area contributed by atoms with Crippen molar-refractivity contribution in [3.8, 4) is 0 Å². The first kappa shape index (κ1) is 13.5. The van der Waals surface area contributed by atoms with Crippen molar-refractivity contribution in [2.45, 2.75) is 33.4 Å². The van der Waals surface area contributed by atoms with Crippen LogP contribution in [0.2, 0.25) is 0 Å². The molecule has 0 aliphatic carbocycles. The lowest BCUT2D eigenvalue weighted by Crippen LogP contribution is -2.55. The average molecular weight is 250 g/mol. The molecule has 1 unspecified atom stereocenters. The summed E-state index contributed by atoms with van der Waals surface area (Å²) < 4.78 is 13.6. The number of halogens is 1. The lowest BCUT2D eigenvalue weighted by Gasteiger charge is -2.40. The Morgan fingerprint density at radius 2 is 2.06 bits per heavy atom. The Labute approximate surface area is 109 Å². The molecule has 1 heterocycles. The van der Waals surface area contributed by atoms with Crippen LogP contribution >= 0.6 is 0 Å². The molecule has 1 aromatic rings. The molecular formula is C15H23FN2. The average Bonchev–Trinajstić information content (AvgIpc) is 2.31. The second kappa shape index (κ2) is 5.37. The molecule has 1 N–H and O–H groups in total. The number of nitrogens with one attached hydrogen (secondary N) is 1. The van der Waals surface area contributed by atoms with E-state index in [0.717, 1.165) is 25.2 Å². The summed E-state index contributed by atoms with van der Waals surface area (Å²) in [5, 5.41) is 3.55. The van der Waals surface area contributed by atoms with E-state index in [4.69, 9.17) is 0 Å². The fourth-order valence-corrected chi connectivity index (χ4v) is 2.40. The highest BCUT2D eigenvalue weighted by atomic mass is 19.1. The fourth-order valence-electron chi connectivity index (χ4n) is 2.40. The van der Waals surface area contributed by atoms with Crippen LogP contribution < -0.4 is 5.32 Å². The summed E-state index contributed by atoms with van der Waals surface area (Å²) in [5.74, 6) is -0.0941. The molecule has 1 aliphatic rings. The smallest absolute Gasteiger partial charge is 0.127 e. The third-order valence-corrected chi connectivity index (χ3v) is 3.66. The first-order chi connectivity index (χ1) is 8.47. The van der Waals surface area contributed by atoms with Crippen LogP contribution in [0.1, 0.15) is 26.3 Å². The third kappa shape index (κ3) is 3.30. The topological polar surface area (TPSA) is 15.3 Å². The van der Waals surface area contributed by atoms with Crippen molar-refractivity contribution in [1.82, 2.24) is 10.2 Å². The van der Waals surface area contributed by atoms with Crippen LogP contribution in [0.25, 0.3) is 0 Å². The Bertz CT molecular complexity index is 398. The van der Waals surface area contributed by atoms with Gasteiger partial charge in [0.1, 0.15) is 5.82 Å². The van der Waals surface area contributed by atoms with E-state index < -0.39 is 0 Å². The zero-order valence-electron chi connectivity index (χ0n) is 11.5. The van der Waals surface area contributed by atoms with Crippen LogP contribution in [0.15, 0.2) is 24.3 Å². The quantitative estimate of drug-likeness (QED) is 0.868. The SMILES string of the molecule is CC(C)(C)C1CN(Cc2ccccc2F)CCN1. The molecule has 18 heavy (non-hydrogen) atoms. The minimum atomic E-state index is -0.0941. The van der Waals surface area contributed by atoms with Crippen LogP contribution in [-0.4, -0.2) is 30.6 Å². The molecule has 2 nitrogen and oxygen atoms in total. The number of piperazine rings is 1. The van der Waals surface area contributed by atoms with Gasteiger partial charge < -0.3 is 5.32 Å². The van der Waals surface area contributed by atoms with Crippen LogP contribution in [-0.2, 0) is 6.54 Å². The lowest BCUT2D eigenvalue weighted by molar-refractivity contribution is 0.128. The van der Waals surface area contributed by atoms with Gasteiger partial charge in [-0.15, -0.1) is 0 Å². The second-order valence-corrected chi connectivity index (χ2v) is 6.20. The van der Waals surface area contributed by atoms with E-state index in [1.54, 1.807) is 12.1 Å². The molecule has 1 atom stereocenters. The predicted octanol–water partition coefficient (Wildman–Crippen LogP) is 2.65. The number of benzene rings is 1. The molecule has 2 rings (SSSR count). The van der Waals surface area contributed by atoms with Gasteiger partial charge in [-0.3, -0.25) is 4.90 Å². The van der Waals surface area contributed by atoms with Gasteiger partial charge in [0.25, 0.3) is 0 Å². The van der Waals surface area contributed by atoms with Crippen molar-refractivity contribution in [3.63, 3.8) is 0 Å². The Morgan fingerprint density at radius 3 is 2.72 bits per heavy atom. The van der Waals surface area contributed by atoms with Gasteiger partial charge >= 0.3 is 0 Å². The van der Waals surface area contributed by atoms with Crippen LogP contribution in [0.5, 0.6) is 0 Å². The maximum absolute atomic E-state index is 13.6. The van der Waals surface area contributed by atoms with Crippen LogP contribution in [0.4, 0.5) is 4.39 Å². The van der Waals surface area contributed by atoms with Gasteiger partial charge in [-0.25, -0.2) is 4.39 Å². The third-order valence-electron chi connectivity index (χ3n) is 3.66. The van der Waals surface area contributed by atoms with E-state index >= 15 is 0 Å². The Kier molecular flexibility index (Phi) is 4.03. The number of rotatable bonds is 2. The molecule has 0 aromatic heterocycles. The number of hydrogen-bond acceptors (Lipinski definition) is 2. The highest BCUT2D eigenvalue weighted by Gasteiger charge is 2.29. The molecule has 100 valence electrons. The molecule has 0 amide bonds. The van der Waals surface area contributed by atoms with Crippen molar-refractivity contribution < 1.29 is 4.39 Å². The van der Waals surface area contributed by atoms with E-state index in [9.17, 15) is 4.39 Å². The molecule has 0 saturated carbocycles. The van der Waals surface area contributed by atoms with Gasteiger partial charge in [0.05, 0.1) is 0 Å². The van der Waals surface area contributed by atoms with Gasteiger partial charge in [-0.2, -0.15) is 0 Å². The minimum Gasteiger partial charge on any atom is -0.311 e. The number of nitrogens with zero attached hydrogens (tertiary/aromatic N) is 1. The first-order valence-corrected chi connectivity index (χ1v) is 6.66. The van der Waals surface area contributed by atoms with E-state index in [1.807, 2.05) is 12.1 Å². The molecule has 1 saturated heterocycles. The molecule has 3 heteroatoms. The van der Waals surface area contributed by atoms with E-state index in [1.165, 1.54) is 0 Å². The minimum absolute atomic E-state index is 0.0941. The standard InChI is InChI=1S/C15H23FN2/c1-15(2,3)14-11-18(9-8-17-14)10-12-6-4-5-7-13(12)16/h4-7,14,17H,8-11H2,1-3H3. The second-order valence-electron chi connectivity index (χ2n) is 6.20. The summed E-state index contributed by atoms with van der Waals surface area (Å²) >= 11 is 0. The highest BCUT2D eigenvalue weighted by Crippen LogP contribution is 2.22. The van der Waals surface area contributed by atoms with E-state index in [-0.39, 0.29) is 11.2 Å². The molecule has 0 bridgehead atoms. The summed E-state index contributed by atoms with van der Waals surface area (Å²) in [6.45, 7) is 10.4.